The van der Waals surface area contributed by atoms with Crippen molar-refractivity contribution in [1.82, 2.24) is 0 Å². The van der Waals surface area contributed by atoms with Crippen molar-refractivity contribution in [3.05, 3.63) is 70.6 Å². The molecule has 5 heteroatoms. The van der Waals surface area contributed by atoms with E-state index in [1.165, 1.54) is 6.07 Å². The van der Waals surface area contributed by atoms with Gasteiger partial charge in [0.05, 0.1) is 23.6 Å². The van der Waals surface area contributed by atoms with E-state index in [9.17, 15) is 9.59 Å². The molecule has 0 atom stereocenters. The van der Waals surface area contributed by atoms with Gasteiger partial charge in [-0.15, -0.1) is 0 Å². The van der Waals surface area contributed by atoms with Crippen LogP contribution in [-0.4, -0.2) is 12.6 Å². The van der Waals surface area contributed by atoms with Crippen LogP contribution in [0.2, 0.25) is 0 Å². The summed E-state index contributed by atoms with van der Waals surface area (Å²) in [4.78, 5) is 24.1. The van der Waals surface area contributed by atoms with Crippen LogP contribution in [0.15, 0.2) is 63.8 Å². The zero-order valence-corrected chi connectivity index (χ0v) is 13.9. The van der Waals surface area contributed by atoms with Crippen molar-refractivity contribution in [3.8, 4) is 11.5 Å². The number of fused-ring (bicyclic) bond motifs is 1. The molecule has 128 valence electrons. The molecule has 0 aliphatic heterocycles. The van der Waals surface area contributed by atoms with Gasteiger partial charge in [0.1, 0.15) is 17.1 Å². The molecule has 1 heterocycles. The van der Waals surface area contributed by atoms with Gasteiger partial charge in [0, 0.05) is 0 Å². The maximum absolute atomic E-state index is 12.4. The largest absolute Gasteiger partial charge is 0.494 e. The van der Waals surface area contributed by atoms with E-state index in [4.69, 9.17) is 13.9 Å². The lowest BCUT2D eigenvalue weighted by molar-refractivity contribution is 0.0736. The molecule has 3 aromatic rings. The normalized spacial score (nSPS) is 10.6. The molecule has 0 aliphatic rings. The third kappa shape index (κ3) is 4.07. The highest BCUT2D eigenvalue weighted by Gasteiger charge is 2.13. The summed E-state index contributed by atoms with van der Waals surface area (Å²) in [6.07, 6.45) is 1.98. The number of benzene rings is 2. The smallest absolute Gasteiger partial charge is 0.343 e. The molecule has 5 nitrogen and oxygen atoms in total. The van der Waals surface area contributed by atoms with Crippen molar-refractivity contribution in [2.45, 2.75) is 19.8 Å². The Morgan fingerprint density at radius 3 is 2.76 bits per heavy atom. The zero-order chi connectivity index (χ0) is 17.6. The van der Waals surface area contributed by atoms with Crippen molar-refractivity contribution in [2.24, 2.45) is 0 Å². The van der Waals surface area contributed by atoms with Crippen molar-refractivity contribution >= 4 is 16.9 Å². The van der Waals surface area contributed by atoms with Crippen LogP contribution in [0, 0.1) is 0 Å². The fourth-order valence-corrected chi connectivity index (χ4v) is 2.37. The molecule has 0 unspecified atom stereocenters. The predicted molar refractivity (Wildman–Crippen MR) is 94.3 cm³/mol. The van der Waals surface area contributed by atoms with E-state index in [2.05, 4.69) is 6.92 Å². The first-order valence-electron chi connectivity index (χ1n) is 8.15. The number of ether oxygens (including phenoxy) is 2. The Kier molecular flexibility index (Phi) is 5.14. The first-order chi connectivity index (χ1) is 12.2. The van der Waals surface area contributed by atoms with E-state index in [1.54, 1.807) is 48.5 Å². The minimum atomic E-state index is -0.571. The van der Waals surface area contributed by atoms with E-state index >= 15 is 0 Å². The second-order valence-corrected chi connectivity index (χ2v) is 5.55. The Bertz CT molecular complexity index is 942. The van der Waals surface area contributed by atoms with Crippen LogP contribution in [-0.2, 0) is 0 Å². The summed E-state index contributed by atoms with van der Waals surface area (Å²) in [5, 5.41) is 0.561. The molecule has 3 rings (SSSR count). The van der Waals surface area contributed by atoms with Gasteiger partial charge in [0.25, 0.3) is 0 Å². The molecule has 0 amide bonds. The Hall–Kier alpha value is -3.08. The van der Waals surface area contributed by atoms with Gasteiger partial charge >= 0.3 is 11.6 Å². The number of hydrogen-bond acceptors (Lipinski definition) is 5. The molecule has 0 spiro atoms. The molecule has 1 aromatic heterocycles. The number of carbonyl (C=O) groups is 1. The summed E-state index contributed by atoms with van der Waals surface area (Å²) in [5.74, 6) is 0.228. The summed E-state index contributed by atoms with van der Waals surface area (Å²) >= 11 is 0. The number of esters is 1. The van der Waals surface area contributed by atoms with Gasteiger partial charge in [-0.1, -0.05) is 31.5 Å². The monoisotopic (exact) mass is 338 g/mol. The van der Waals surface area contributed by atoms with Gasteiger partial charge in [-0.25, -0.2) is 9.59 Å². The molecule has 0 bridgehead atoms. The minimum Gasteiger partial charge on any atom is -0.494 e. The van der Waals surface area contributed by atoms with E-state index < -0.39 is 11.6 Å². The topological polar surface area (TPSA) is 65.7 Å². The van der Waals surface area contributed by atoms with E-state index in [-0.39, 0.29) is 5.75 Å². The lowest BCUT2D eigenvalue weighted by Gasteiger charge is -2.09. The number of rotatable bonds is 6. The Labute approximate surface area is 144 Å². The molecule has 2 aromatic carbocycles. The van der Waals surface area contributed by atoms with E-state index in [0.29, 0.717) is 28.9 Å². The van der Waals surface area contributed by atoms with Gasteiger partial charge in [0.2, 0.25) is 0 Å². The number of unbranched alkanes of at least 4 members (excludes halogenated alkanes) is 1. The summed E-state index contributed by atoms with van der Waals surface area (Å²) < 4.78 is 16.1. The van der Waals surface area contributed by atoms with Crippen LogP contribution < -0.4 is 15.1 Å². The summed E-state index contributed by atoms with van der Waals surface area (Å²) in [5.41, 5.74) is 0.152. The summed E-state index contributed by atoms with van der Waals surface area (Å²) in [6, 6.07) is 14.9. The van der Waals surface area contributed by atoms with Crippen molar-refractivity contribution in [3.63, 3.8) is 0 Å². The van der Waals surface area contributed by atoms with E-state index in [0.717, 1.165) is 12.8 Å². The zero-order valence-electron chi connectivity index (χ0n) is 13.9. The number of para-hydroxylation sites is 1. The van der Waals surface area contributed by atoms with Gasteiger partial charge in [-0.2, -0.15) is 0 Å². The number of hydrogen-bond donors (Lipinski definition) is 0. The highest BCUT2D eigenvalue weighted by molar-refractivity contribution is 5.94. The molecular formula is C20H18O5. The SMILES string of the molecule is CCCCOc1cccc(C(=O)Oc2cc(=O)oc3ccccc23)c1. The first kappa shape index (κ1) is 16.8. The molecule has 0 saturated heterocycles. The minimum absolute atomic E-state index is 0.175. The predicted octanol–water partition coefficient (Wildman–Crippen LogP) is 4.19. The summed E-state index contributed by atoms with van der Waals surface area (Å²) in [7, 11) is 0. The van der Waals surface area contributed by atoms with Crippen LogP contribution in [0.1, 0.15) is 30.1 Å². The number of carbonyl (C=O) groups excluding carboxylic acids is 1. The highest BCUT2D eigenvalue weighted by Crippen LogP contribution is 2.24. The molecular weight excluding hydrogens is 320 g/mol. The Morgan fingerprint density at radius 2 is 1.92 bits per heavy atom. The van der Waals surface area contributed by atoms with Crippen LogP contribution >= 0.6 is 0 Å². The van der Waals surface area contributed by atoms with Gasteiger partial charge in [-0.3, -0.25) is 0 Å². The highest BCUT2D eigenvalue weighted by atomic mass is 16.5. The Morgan fingerprint density at radius 1 is 1.08 bits per heavy atom. The first-order valence-corrected chi connectivity index (χ1v) is 8.15. The lowest BCUT2D eigenvalue weighted by atomic mass is 10.2. The molecule has 0 aliphatic carbocycles. The molecule has 0 radical (unpaired) electrons. The van der Waals surface area contributed by atoms with Crippen LogP contribution in [0.4, 0.5) is 0 Å². The van der Waals surface area contributed by atoms with Gasteiger partial charge in [-0.05, 0) is 36.8 Å². The maximum Gasteiger partial charge on any atom is 0.343 e. The molecule has 0 N–H and O–H groups in total. The van der Waals surface area contributed by atoms with E-state index in [1.807, 2.05) is 0 Å². The lowest BCUT2D eigenvalue weighted by Crippen LogP contribution is -2.11. The van der Waals surface area contributed by atoms with Crippen molar-refractivity contribution in [2.75, 3.05) is 6.61 Å². The summed E-state index contributed by atoms with van der Waals surface area (Å²) in [6.45, 7) is 2.68. The van der Waals surface area contributed by atoms with Crippen LogP contribution in [0.3, 0.4) is 0 Å². The second kappa shape index (κ2) is 7.66. The van der Waals surface area contributed by atoms with Gasteiger partial charge < -0.3 is 13.9 Å². The Balaban J connectivity index is 1.83. The fourth-order valence-electron chi connectivity index (χ4n) is 2.37. The molecule has 25 heavy (non-hydrogen) atoms. The maximum atomic E-state index is 12.4. The van der Waals surface area contributed by atoms with Crippen molar-refractivity contribution < 1.29 is 18.7 Å². The van der Waals surface area contributed by atoms with Crippen LogP contribution in [0.5, 0.6) is 11.5 Å². The van der Waals surface area contributed by atoms with Crippen molar-refractivity contribution in [1.29, 1.82) is 0 Å². The fraction of sp³-hybridized carbons (Fsp3) is 0.200. The van der Waals surface area contributed by atoms with Crippen LogP contribution in [0.25, 0.3) is 11.0 Å². The average Bonchev–Trinajstić information content (AvgIpc) is 2.62. The molecule has 0 saturated carbocycles. The average molecular weight is 338 g/mol. The molecule has 0 fully saturated rings. The third-order valence-corrected chi connectivity index (χ3v) is 3.65. The quantitative estimate of drug-likeness (QED) is 0.383. The third-order valence-electron chi connectivity index (χ3n) is 3.65. The standard InChI is InChI=1S/C20H18O5/c1-2-3-11-23-15-8-6-7-14(12-15)20(22)25-18-13-19(21)24-17-10-5-4-9-16(17)18/h4-10,12-13H,2-3,11H2,1H3. The second-order valence-electron chi connectivity index (χ2n) is 5.55. The van der Waals surface area contributed by atoms with Gasteiger partial charge in [0.15, 0.2) is 0 Å².